The molecule has 9 heteroatoms. The van der Waals surface area contributed by atoms with E-state index < -0.39 is 28.4 Å². The zero-order chi connectivity index (χ0) is 13.9. The van der Waals surface area contributed by atoms with Crippen LogP contribution in [0.4, 0.5) is 0 Å². The Hall–Kier alpha value is 0.790. The highest BCUT2D eigenvalue weighted by atomic mass is 127. The molecule has 0 saturated carbocycles. The normalized spacial score (nSPS) is 11.3. The van der Waals surface area contributed by atoms with E-state index in [9.17, 15) is 17.8 Å². The average Bonchev–Trinajstić information content (AvgIpc) is 2.13. The lowest BCUT2D eigenvalue weighted by Gasteiger charge is -2.10. The fourth-order valence-electron chi connectivity index (χ4n) is 1.05. The number of carbonyl (C=O) groups excluding carboxylic acids is 1. The zero-order valence-corrected chi connectivity index (χ0v) is 15.9. The van der Waals surface area contributed by atoms with Crippen molar-refractivity contribution in [1.29, 1.82) is 0 Å². The number of ether oxygens (including phenoxy) is 1. The summed E-state index contributed by atoms with van der Waals surface area (Å²) in [7, 11) is -4.36. The van der Waals surface area contributed by atoms with Gasteiger partial charge in [0.15, 0.2) is 0 Å². The lowest BCUT2D eigenvalue weighted by Crippen LogP contribution is -2.16. The molecule has 0 bridgehead atoms. The van der Waals surface area contributed by atoms with E-state index in [2.05, 4.69) is 22.6 Å². The molecule has 1 rings (SSSR count). The number of halogens is 3. The molecular formula is C9H6I3O5S-. The van der Waals surface area contributed by atoms with Gasteiger partial charge in [0, 0.05) is 10.7 Å². The van der Waals surface area contributed by atoms with Crippen LogP contribution in [0.1, 0.15) is 10.4 Å². The number of esters is 1. The van der Waals surface area contributed by atoms with E-state index in [1.54, 1.807) is 0 Å². The maximum Gasteiger partial charge on any atom is 0.340 e. The molecule has 5 nitrogen and oxygen atoms in total. The van der Waals surface area contributed by atoms with Gasteiger partial charge in [-0.05, 0) is 79.9 Å². The molecule has 0 radical (unpaired) electrons. The fraction of sp³-hybridized carbons (Fsp3) is 0.222. The van der Waals surface area contributed by atoms with Crippen molar-refractivity contribution >= 4 is 83.9 Å². The number of hydrogen-bond donors (Lipinski definition) is 0. The second-order valence-corrected chi connectivity index (χ2v) is 8.24. The van der Waals surface area contributed by atoms with Crippen LogP contribution in [0.2, 0.25) is 0 Å². The number of carbonyl (C=O) groups is 1. The van der Waals surface area contributed by atoms with Gasteiger partial charge in [-0.2, -0.15) is 0 Å². The first kappa shape index (κ1) is 16.8. The Kier molecular flexibility index (Phi) is 6.54. The van der Waals surface area contributed by atoms with Gasteiger partial charge < -0.3 is 9.29 Å². The van der Waals surface area contributed by atoms with E-state index in [1.807, 2.05) is 57.3 Å². The smallest absolute Gasteiger partial charge is 0.340 e. The van der Waals surface area contributed by atoms with Gasteiger partial charge in [0.05, 0.1) is 21.4 Å². The van der Waals surface area contributed by atoms with E-state index >= 15 is 0 Å². The van der Waals surface area contributed by atoms with Crippen LogP contribution in [0.15, 0.2) is 12.1 Å². The minimum atomic E-state index is -4.36. The highest BCUT2D eigenvalue weighted by Crippen LogP contribution is 2.23. The molecule has 0 aliphatic heterocycles. The molecule has 100 valence electrons. The Balaban J connectivity index is 2.80. The second kappa shape index (κ2) is 6.99. The van der Waals surface area contributed by atoms with Crippen LogP contribution in [-0.4, -0.2) is 31.3 Å². The van der Waals surface area contributed by atoms with Crippen molar-refractivity contribution in [2.24, 2.45) is 0 Å². The van der Waals surface area contributed by atoms with E-state index in [0.29, 0.717) is 5.56 Å². The lowest BCUT2D eigenvalue weighted by molar-refractivity contribution is 0.0525. The standard InChI is InChI=1S/C9H7I3O5S/c10-5-3-6(11)8(7(12)4-5)9(13)17-1-2-18(14,15)16/h3-4H,1-2H2,(H,14,15,16)/p-1. The van der Waals surface area contributed by atoms with Gasteiger partial charge in [0.1, 0.15) is 6.61 Å². The van der Waals surface area contributed by atoms with Crippen molar-refractivity contribution < 1.29 is 22.5 Å². The molecule has 1 aromatic rings. The molecule has 0 heterocycles. The molecule has 0 unspecified atom stereocenters. The van der Waals surface area contributed by atoms with Crippen molar-refractivity contribution in [1.82, 2.24) is 0 Å². The van der Waals surface area contributed by atoms with Crippen LogP contribution in [0.25, 0.3) is 0 Å². The second-order valence-electron chi connectivity index (χ2n) is 3.14. The van der Waals surface area contributed by atoms with Crippen LogP contribution in [0.3, 0.4) is 0 Å². The molecule has 0 atom stereocenters. The summed E-state index contributed by atoms with van der Waals surface area (Å²) in [4.78, 5) is 11.8. The molecule has 0 N–H and O–H groups in total. The van der Waals surface area contributed by atoms with Crippen molar-refractivity contribution in [3.8, 4) is 0 Å². The van der Waals surface area contributed by atoms with Crippen molar-refractivity contribution in [2.45, 2.75) is 0 Å². The molecule has 0 saturated heterocycles. The Labute approximate surface area is 145 Å². The highest BCUT2D eigenvalue weighted by Gasteiger charge is 2.16. The van der Waals surface area contributed by atoms with Gasteiger partial charge in [0.2, 0.25) is 0 Å². The first-order chi connectivity index (χ1) is 8.20. The zero-order valence-electron chi connectivity index (χ0n) is 8.65. The third-order valence-corrected chi connectivity index (χ3v) is 4.77. The predicted molar refractivity (Wildman–Crippen MR) is 89.4 cm³/mol. The van der Waals surface area contributed by atoms with Crippen LogP contribution < -0.4 is 0 Å². The molecule has 0 fully saturated rings. The van der Waals surface area contributed by atoms with E-state index in [0.717, 1.165) is 10.7 Å². The molecule has 1 aromatic carbocycles. The van der Waals surface area contributed by atoms with Gasteiger partial charge in [-0.25, -0.2) is 13.2 Å². The Bertz CT molecular complexity index is 547. The summed E-state index contributed by atoms with van der Waals surface area (Å²) >= 11 is 6.14. The van der Waals surface area contributed by atoms with Crippen molar-refractivity contribution in [3.05, 3.63) is 28.4 Å². The van der Waals surface area contributed by atoms with Gasteiger partial charge in [0.25, 0.3) is 0 Å². The summed E-state index contributed by atoms with van der Waals surface area (Å²) in [5.41, 5.74) is 0.389. The van der Waals surface area contributed by atoms with Gasteiger partial charge in [-0.1, -0.05) is 0 Å². The number of benzene rings is 1. The molecule has 0 amide bonds. The predicted octanol–water partition coefficient (Wildman–Crippen LogP) is 2.20. The monoisotopic (exact) mass is 607 g/mol. The summed E-state index contributed by atoms with van der Waals surface area (Å²) in [6.45, 7) is -0.428. The summed E-state index contributed by atoms with van der Waals surface area (Å²) in [5, 5.41) is 0. The van der Waals surface area contributed by atoms with Crippen molar-refractivity contribution in [3.63, 3.8) is 0 Å². The minimum absolute atomic E-state index is 0.389. The van der Waals surface area contributed by atoms with Gasteiger partial charge >= 0.3 is 5.97 Å². The fourth-order valence-corrected chi connectivity index (χ4v) is 5.36. The summed E-state index contributed by atoms with van der Waals surface area (Å²) in [5.74, 6) is -1.33. The third kappa shape index (κ3) is 5.42. The molecule has 0 spiro atoms. The van der Waals surface area contributed by atoms with Crippen molar-refractivity contribution in [2.75, 3.05) is 12.4 Å². The maximum atomic E-state index is 11.8. The third-order valence-electron chi connectivity index (χ3n) is 1.78. The molecular weight excluding hydrogens is 601 g/mol. The highest BCUT2D eigenvalue weighted by molar-refractivity contribution is 14.1. The van der Waals surface area contributed by atoms with E-state index in [-0.39, 0.29) is 0 Å². The quantitative estimate of drug-likeness (QED) is 0.298. The first-order valence-corrected chi connectivity index (χ1v) is 9.27. The molecule has 0 aromatic heterocycles. The molecule has 18 heavy (non-hydrogen) atoms. The first-order valence-electron chi connectivity index (χ1n) is 4.46. The molecule has 0 aliphatic rings. The number of hydrogen-bond acceptors (Lipinski definition) is 5. The SMILES string of the molecule is O=C(OCCS(=O)(=O)[O-])c1c(I)cc(I)cc1I. The number of rotatable bonds is 4. The lowest BCUT2D eigenvalue weighted by atomic mass is 10.2. The summed E-state index contributed by atoms with van der Waals surface area (Å²) in [6, 6.07) is 3.62. The van der Waals surface area contributed by atoms with E-state index in [4.69, 9.17) is 4.74 Å². The largest absolute Gasteiger partial charge is 0.748 e. The van der Waals surface area contributed by atoms with Crippen LogP contribution in [0.5, 0.6) is 0 Å². The topological polar surface area (TPSA) is 83.5 Å². The van der Waals surface area contributed by atoms with E-state index in [1.165, 1.54) is 0 Å². The molecule has 0 aliphatic carbocycles. The van der Waals surface area contributed by atoms with Crippen LogP contribution in [-0.2, 0) is 14.9 Å². The van der Waals surface area contributed by atoms with Gasteiger partial charge in [-0.15, -0.1) is 0 Å². The van der Waals surface area contributed by atoms with Crippen LogP contribution in [0, 0.1) is 10.7 Å². The Morgan fingerprint density at radius 2 is 1.72 bits per heavy atom. The minimum Gasteiger partial charge on any atom is -0.748 e. The van der Waals surface area contributed by atoms with Gasteiger partial charge in [-0.3, -0.25) is 0 Å². The average molecular weight is 607 g/mol. The van der Waals surface area contributed by atoms with Crippen LogP contribution >= 0.6 is 67.8 Å². The Morgan fingerprint density at radius 3 is 2.17 bits per heavy atom. The Morgan fingerprint density at radius 1 is 1.22 bits per heavy atom. The summed E-state index contributed by atoms with van der Waals surface area (Å²) < 4.78 is 38.3. The maximum absolute atomic E-state index is 11.8. The summed E-state index contributed by atoms with van der Waals surface area (Å²) in [6.07, 6.45) is 0.